The lowest BCUT2D eigenvalue weighted by molar-refractivity contribution is 0.587. The summed E-state index contributed by atoms with van der Waals surface area (Å²) in [5.41, 5.74) is 1.78. The number of aromatic nitrogens is 2. The third-order valence-corrected chi connectivity index (χ3v) is 4.65. The lowest BCUT2D eigenvalue weighted by Crippen LogP contribution is -2.10. The van der Waals surface area contributed by atoms with Gasteiger partial charge in [-0.3, -0.25) is 4.98 Å². The van der Waals surface area contributed by atoms with Gasteiger partial charge in [0.25, 0.3) is 10.0 Å². The van der Waals surface area contributed by atoms with Gasteiger partial charge in [0.15, 0.2) is 0 Å². The van der Waals surface area contributed by atoms with Crippen molar-refractivity contribution in [2.75, 3.05) is 0 Å². The number of benzene rings is 1. The Kier molecular flexibility index (Phi) is 3.12. The second-order valence-electron chi connectivity index (χ2n) is 4.28. The van der Waals surface area contributed by atoms with Gasteiger partial charge in [-0.15, -0.1) is 0 Å². The topological polar surface area (TPSA) is 52.0 Å². The fraction of sp³-hybridized carbons (Fsp3) is 0. The zero-order valence-corrected chi connectivity index (χ0v) is 11.4. The van der Waals surface area contributed by atoms with E-state index in [2.05, 4.69) is 4.98 Å². The summed E-state index contributed by atoms with van der Waals surface area (Å²) in [6.07, 6.45) is 6.41. The van der Waals surface area contributed by atoms with Gasteiger partial charge < -0.3 is 0 Å². The van der Waals surface area contributed by atoms with Crippen molar-refractivity contribution in [2.24, 2.45) is 0 Å². The Hall–Kier alpha value is -2.40. The maximum absolute atomic E-state index is 12.4. The maximum Gasteiger partial charge on any atom is 0.267 e. The van der Waals surface area contributed by atoms with Crippen LogP contribution in [0.1, 0.15) is 0 Å². The van der Waals surface area contributed by atoms with Crippen molar-refractivity contribution in [1.29, 1.82) is 0 Å². The van der Waals surface area contributed by atoms with E-state index in [0.717, 1.165) is 11.1 Å². The SMILES string of the molecule is O=S(=O)(c1cccc(-c2ccncc2)c1)n1cccc1. The fourth-order valence-electron chi connectivity index (χ4n) is 1.98. The van der Waals surface area contributed by atoms with Gasteiger partial charge in [0.1, 0.15) is 0 Å². The highest BCUT2D eigenvalue weighted by Crippen LogP contribution is 2.23. The van der Waals surface area contributed by atoms with Crippen molar-refractivity contribution in [3.05, 3.63) is 73.3 Å². The molecule has 0 unspecified atom stereocenters. The Balaban J connectivity index is 2.09. The highest BCUT2D eigenvalue weighted by Gasteiger charge is 2.16. The predicted molar refractivity (Wildman–Crippen MR) is 76.7 cm³/mol. The molecule has 0 spiro atoms. The number of nitrogens with zero attached hydrogens (tertiary/aromatic N) is 2. The highest BCUT2D eigenvalue weighted by molar-refractivity contribution is 7.90. The molecule has 0 atom stereocenters. The monoisotopic (exact) mass is 284 g/mol. The minimum atomic E-state index is -3.53. The third-order valence-electron chi connectivity index (χ3n) is 3.00. The van der Waals surface area contributed by atoms with Crippen LogP contribution in [0.25, 0.3) is 11.1 Å². The fourth-order valence-corrected chi connectivity index (χ4v) is 3.21. The Morgan fingerprint density at radius 3 is 2.25 bits per heavy atom. The van der Waals surface area contributed by atoms with Crippen LogP contribution in [0, 0.1) is 0 Å². The van der Waals surface area contributed by atoms with Gasteiger partial charge >= 0.3 is 0 Å². The Morgan fingerprint density at radius 1 is 0.850 bits per heavy atom. The second-order valence-corrected chi connectivity index (χ2v) is 6.12. The second kappa shape index (κ2) is 4.94. The molecule has 0 saturated carbocycles. The molecule has 0 aliphatic carbocycles. The standard InChI is InChI=1S/C15H12N2O2S/c18-20(19,17-10-1-2-11-17)15-5-3-4-14(12-15)13-6-8-16-9-7-13/h1-12H. The van der Waals surface area contributed by atoms with Crippen molar-refractivity contribution in [3.63, 3.8) is 0 Å². The highest BCUT2D eigenvalue weighted by atomic mass is 32.2. The van der Waals surface area contributed by atoms with Crippen LogP contribution in [-0.2, 0) is 10.0 Å². The summed E-state index contributed by atoms with van der Waals surface area (Å²) in [5.74, 6) is 0. The Morgan fingerprint density at radius 2 is 1.55 bits per heavy atom. The molecule has 2 heterocycles. The summed E-state index contributed by atoms with van der Waals surface area (Å²) in [6.45, 7) is 0. The normalized spacial score (nSPS) is 11.4. The van der Waals surface area contributed by atoms with Gasteiger partial charge in [-0.1, -0.05) is 12.1 Å². The molecule has 4 nitrogen and oxygen atoms in total. The molecule has 0 amide bonds. The molecule has 0 N–H and O–H groups in total. The first-order valence-corrected chi connectivity index (χ1v) is 7.51. The molecule has 0 aliphatic heterocycles. The minimum absolute atomic E-state index is 0.267. The molecule has 100 valence electrons. The van der Waals surface area contributed by atoms with E-state index in [1.54, 1.807) is 42.7 Å². The Labute approximate surface area is 117 Å². The van der Waals surface area contributed by atoms with Crippen LogP contribution in [-0.4, -0.2) is 17.4 Å². The van der Waals surface area contributed by atoms with E-state index in [9.17, 15) is 8.42 Å². The number of rotatable bonds is 3. The van der Waals surface area contributed by atoms with Gasteiger partial charge in [-0.2, -0.15) is 0 Å². The van der Waals surface area contributed by atoms with Crippen molar-refractivity contribution in [2.45, 2.75) is 4.90 Å². The summed E-state index contributed by atoms with van der Waals surface area (Å²) in [4.78, 5) is 4.23. The lowest BCUT2D eigenvalue weighted by atomic mass is 10.1. The predicted octanol–water partition coefficient (Wildman–Crippen LogP) is 2.79. The molecule has 0 saturated heterocycles. The quantitative estimate of drug-likeness (QED) is 0.743. The molecular weight excluding hydrogens is 272 g/mol. The van der Waals surface area contributed by atoms with Crippen molar-refractivity contribution >= 4 is 10.0 Å². The first-order chi connectivity index (χ1) is 9.68. The van der Waals surface area contributed by atoms with Crippen LogP contribution >= 0.6 is 0 Å². The first-order valence-electron chi connectivity index (χ1n) is 6.07. The molecule has 3 rings (SSSR count). The lowest BCUT2D eigenvalue weighted by Gasteiger charge is -2.08. The molecule has 0 fully saturated rings. The molecule has 3 aromatic rings. The maximum atomic E-state index is 12.4. The van der Waals surface area contributed by atoms with Crippen molar-refractivity contribution in [1.82, 2.24) is 8.96 Å². The average molecular weight is 284 g/mol. The molecule has 5 heteroatoms. The van der Waals surface area contributed by atoms with E-state index in [4.69, 9.17) is 0 Å². The Bertz CT molecular complexity index is 810. The van der Waals surface area contributed by atoms with Crippen LogP contribution in [0.4, 0.5) is 0 Å². The third kappa shape index (κ3) is 2.23. The van der Waals surface area contributed by atoms with Crippen LogP contribution < -0.4 is 0 Å². The van der Waals surface area contributed by atoms with Crippen molar-refractivity contribution < 1.29 is 8.42 Å². The molecule has 20 heavy (non-hydrogen) atoms. The average Bonchev–Trinajstić information content (AvgIpc) is 3.03. The molecular formula is C15H12N2O2S. The number of pyridine rings is 1. The minimum Gasteiger partial charge on any atom is -0.265 e. The van der Waals surface area contributed by atoms with Gasteiger partial charge in [0.05, 0.1) is 4.90 Å². The van der Waals surface area contributed by atoms with E-state index in [1.807, 2.05) is 18.2 Å². The van der Waals surface area contributed by atoms with Crippen molar-refractivity contribution in [3.8, 4) is 11.1 Å². The van der Waals surface area contributed by atoms with Crippen LogP contribution in [0.5, 0.6) is 0 Å². The van der Waals surface area contributed by atoms with E-state index < -0.39 is 10.0 Å². The van der Waals surface area contributed by atoms with Crippen LogP contribution in [0.2, 0.25) is 0 Å². The van der Waals surface area contributed by atoms with Gasteiger partial charge in [-0.05, 0) is 47.5 Å². The first kappa shape index (κ1) is 12.6. The van der Waals surface area contributed by atoms with E-state index >= 15 is 0 Å². The van der Waals surface area contributed by atoms with Gasteiger partial charge in [0, 0.05) is 24.8 Å². The summed E-state index contributed by atoms with van der Waals surface area (Å²) in [6, 6.07) is 14.0. The number of hydrogen-bond acceptors (Lipinski definition) is 3. The molecule has 0 aliphatic rings. The zero-order valence-electron chi connectivity index (χ0n) is 10.5. The summed E-state index contributed by atoms with van der Waals surface area (Å²) in [7, 11) is -3.53. The molecule has 0 bridgehead atoms. The van der Waals surface area contributed by atoms with Gasteiger partial charge in [0.2, 0.25) is 0 Å². The number of hydrogen-bond donors (Lipinski definition) is 0. The largest absolute Gasteiger partial charge is 0.267 e. The molecule has 2 aromatic heterocycles. The van der Waals surface area contributed by atoms with Gasteiger partial charge in [-0.25, -0.2) is 12.4 Å². The van der Waals surface area contributed by atoms with E-state index in [0.29, 0.717) is 0 Å². The van der Waals surface area contributed by atoms with Crippen LogP contribution in [0.15, 0.2) is 78.2 Å². The smallest absolute Gasteiger partial charge is 0.265 e. The summed E-state index contributed by atoms with van der Waals surface area (Å²) >= 11 is 0. The summed E-state index contributed by atoms with van der Waals surface area (Å²) < 4.78 is 26.1. The van der Waals surface area contributed by atoms with Crippen LogP contribution in [0.3, 0.4) is 0 Å². The van der Waals surface area contributed by atoms with E-state index in [-0.39, 0.29) is 4.90 Å². The zero-order chi connectivity index (χ0) is 14.0. The summed E-state index contributed by atoms with van der Waals surface area (Å²) in [5, 5.41) is 0. The molecule has 0 radical (unpaired) electrons. The molecule has 1 aromatic carbocycles. The van der Waals surface area contributed by atoms with E-state index in [1.165, 1.54) is 16.4 Å².